The first-order valence-electron chi connectivity index (χ1n) is 4.72. The molecular weight excluding hydrogens is 399 g/mol. The molecule has 0 fully saturated rings. The van der Waals surface area contributed by atoms with Crippen molar-refractivity contribution in [1.29, 1.82) is 0 Å². The molecule has 16 heavy (non-hydrogen) atoms. The monoisotopic (exact) mass is 423 g/mol. The molecule has 0 aromatic carbocycles. The van der Waals surface area contributed by atoms with Gasteiger partial charge < -0.3 is 14.3 Å². The number of rotatable bonds is 2. The van der Waals surface area contributed by atoms with Crippen molar-refractivity contribution in [2.45, 2.75) is 39.8 Å². The van der Waals surface area contributed by atoms with Crippen molar-refractivity contribution in [3.05, 3.63) is 6.04 Å². The van der Waals surface area contributed by atoms with Crippen LogP contribution in [-0.4, -0.2) is 35.1 Å². The second-order valence-corrected chi connectivity index (χ2v) is 8.33. The van der Waals surface area contributed by atoms with Crippen LogP contribution in [0, 0.1) is 6.04 Å². The summed E-state index contributed by atoms with van der Waals surface area (Å²) in [6.45, 7) is 11.6. The van der Waals surface area contributed by atoms with E-state index in [-0.39, 0.29) is 32.1 Å². The number of hydrogen-bond donors (Lipinski definition) is 1. The fourth-order valence-corrected chi connectivity index (χ4v) is 2.49. The molecule has 6 heteroatoms. The summed E-state index contributed by atoms with van der Waals surface area (Å²) in [5.74, 6) is 0. The molecule has 0 aromatic heterocycles. The molecule has 0 aromatic rings. The standard InChI is InChI=1S/C9H21NOP.CH2O2.Re/c1-8(2)10(6)12(7,11)9(3,4)5;2-1-3;/h1-7H3;1H,(H,2,3);/q-1;;. The minimum absolute atomic E-state index is 0. The third kappa shape index (κ3) is 6.81. The minimum atomic E-state index is -2.23. The summed E-state index contributed by atoms with van der Waals surface area (Å²) in [5.41, 5.74) is 0. The van der Waals surface area contributed by atoms with Crippen LogP contribution in [0.2, 0.25) is 0 Å². The van der Waals surface area contributed by atoms with Crippen molar-refractivity contribution in [3.8, 4) is 0 Å². The Kier molecular flexibility index (Phi) is 11.4. The fourth-order valence-electron chi connectivity index (χ4n) is 0.832. The van der Waals surface area contributed by atoms with E-state index >= 15 is 0 Å². The van der Waals surface area contributed by atoms with E-state index in [4.69, 9.17) is 9.90 Å². The van der Waals surface area contributed by atoms with Gasteiger partial charge in [0.05, 0.1) is 0 Å². The maximum Gasteiger partial charge on any atom is 0.290 e. The van der Waals surface area contributed by atoms with Crippen LogP contribution in [0.5, 0.6) is 0 Å². The van der Waals surface area contributed by atoms with Crippen LogP contribution >= 0.6 is 7.29 Å². The Hall–Kier alpha value is 0.322. The molecule has 4 nitrogen and oxygen atoms in total. The summed E-state index contributed by atoms with van der Waals surface area (Å²) >= 11 is 0. The van der Waals surface area contributed by atoms with Gasteiger partial charge in [0, 0.05) is 32.2 Å². The van der Waals surface area contributed by atoms with Crippen molar-refractivity contribution in [2.24, 2.45) is 0 Å². The Labute approximate surface area is 113 Å². The SMILES string of the molecule is C[C-](C)N(C)P(C)(=O)C(C)(C)C.O=CO.[Re]. The largest absolute Gasteiger partial charge is 0.483 e. The van der Waals surface area contributed by atoms with Crippen LogP contribution in [0.25, 0.3) is 0 Å². The van der Waals surface area contributed by atoms with Gasteiger partial charge in [-0.3, -0.25) is 10.8 Å². The van der Waals surface area contributed by atoms with E-state index in [1.165, 1.54) is 0 Å². The maximum absolute atomic E-state index is 12.3. The Bertz CT molecular complexity index is 239. The number of carbonyl (C=O) groups is 1. The van der Waals surface area contributed by atoms with Gasteiger partial charge >= 0.3 is 0 Å². The Morgan fingerprint density at radius 1 is 1.31 bits per heavy atom. The molecular formula is C10H23NO3PRe-. The van der Waals surface area contributed by atoms with E-state index in [0.29, 0.717) is 0 Å². The van der Waals surface area contributed by atoms with Crippen molar-refractivity contribution >= 4 is 13.8 Å². The molecule has 0 heterocycles. The summed E-state index contributed by atoms with van der Waals surface area (Å²) in [5, 5.41) is 6.75. The molecule has 0 aliphatic heterocycles. The van der Waals surface area contributed by atoms with E-state index in [1.54, 1.807) is 0 Å². The van der Waals surface area contributed by atoms with Crippen LogP contribution in [-0.2, 0) is 29.8 Å². The maximum atomic E-state index is 12.3. The summed E-state index contributed by atoms with van der Waals surface area (Å²) in [6.07, 6.45) is 0. The van der Waals surface area contributed by atoms with Gasteiger partial charge in [0.2, 0.25) is 0 Å². The van der Waals surface area contributed by atoms with Crippen LogP contribution in [0.3, 0.4) is 0 Å². The van der Waals surface area contributed by atoms with Gasteiger partial charge in [-0.15, -0.1) is 0 Å². The van der Waals surface area contributed by atoms with E-state index in [1.807, 2.05) is 53.0 Å². The van der Waals surface area contributed by atoms with E-state index < -0.39 is 7.29 Å². The molecule has 0 rings (SSSR count). The molecule has 1 unspecified atom stereocenters. The van der Waals surface area contributed by atoms with Crippen molar-refractivity contribution in [2.75, 3.05) is 13.7 Å². The second-order valence-electron chi connectivity index (χ2n) is 4.63. The van der Waals surface area contributed by atoms with Gasteiger partial charge in [0.25, 0.3) is 6.47 Å². The first kappa shape index (κ1) is 21.6. The quantitative estimate of drug-likeness (QED) is 0.422. The van der Waals surface area contributed by atoms with Crippen LogP contribution in [0.15, 0.2) is 0 Å². The first-order valence-corrected chi connectivity index (χ1v) is 6.82. The smallest absolute Gasteiger partial charge is 0.290 e. The molecule has 0 aliphatic rings. The van der Waals surface area contributed by atoms with E-state index in [9.17, 15) is 4.57 Å². The zero-order chi connectivity index (χ0) is 12.9. The second kappa shape index (κ2) is 8.42. The number of nitrogens with zero attached hydrogens (tertiary/aromatic N) is 1. The topological polar surface area (TPSA) is 57.6 Å². The van der Waals surface area contributed by atoms with E-state index in [0.717, 1.165) is 6.04 Å². The molecule has 1 radical (unpaired) electrons. The molecule has 0 bridgehead atoms. The van der Waals surface area contributed by atoms with Gasteiger partial charge in [0.1, 0.15) is 7.29 Å². The summed E-state index contributed by atoms with van der Waals surface area (Å²) in [4.78, 5) is 8.36. The number of hydrogen-bond acceptors (Lipinski definition) is 2. The minimum Gasteiger partial charge on any atom is -0.483 e. The van der Waals surface area contributed by atoms with Gasteiger partial charge in [-0.1, -0.05) is 20.8 Å². The van der Waals surface area contributed by atoms with Crippen molar-refractivity contribution < 1.29 is 34.9 Å². The predicted octanol–water partition coefficient (Wildman–Crippen LogP) is 2.89. The Morgan fingerprint density at radius 2 is 1.56 bits per heavy atom. The molecule has 0 saturated carbocycles. The van der Waals surface area contributed by atoms with Gasteiger partial charge in [-0.25, -0.2) is 0 Å². The van der Waals surface area contributed by atoms with Crippen LogP contribution in [0.4, 0.5) is 0 Å². The molecule has 1 atom stereocenters. The van der Waals surface area contributed by atoms with Crippen LogP contribution < -0.4 is 0 Å². The Morgan fingerprint density at radius 3 is 1.62 bits per heavy atom. The molecule has 0 aliphatic carbocycles. The van der Waals surface area contributed by atoms with Crippen LogP contribution in [0.1, 0.15) is 34.6 Å². The van der Waals surface area contributed by atoms with Gasteiger partial charge in [-0.05, 0) is 7.05 Å². The number of carboxylic acid groups (broad SMARTS) is 1. The summed E-state index contributed by atoms with van der Waals surface area (Å²) in [6, 6.07) is 1.11. The Balaban J connectivity index is -0.000000377. The third-order valence-corrected chi connectivity index (χ3v) is 6.50. The zero-order valence-corrected chi connectivity index (χ0v) is 14.7. The first-order chi connectivity index (χ1) is 6.52. The molecule has 99 valence electrons. The summed E-state index contributed by atoms with van der Waals surface area (Å²) < 4.78 is 14.2. The van der Waals surface area contributed by atoms with E-state index in [2.05, 4.69) is 0 Å². The molecule has 0 amide bonds. The molecule has 1 N–H and O–H groups in total. The molecule has 0 spiro atoms. The van der Waals surface area contributed by atoms with Gasteiger partial charge in [0.15, 0.2) is 0 Å². The third-order valence-electron chi connectivity index (χ3n) is 2.46. The normalized spacial score (nSPS) is 14.6. The van der Waals surface area contributed by atoms with Gasteiger partial charge in [-0.2, -0.15) is 13.8 Å². The average Bonchev–Trinajstić information content (AvgIpc) is 2.02. The predicted molar refractivity (Wildman–Crippen MR) is 64.3 cm³/mol. The average molecular weight is 422 g/mol. The summed E-state index contributed by atoms with van der Waals surface area (Å²) in [7, 11) is -0.323. The van der Waals surface area contributed by atoms with Crippen molar-refractivity contribution in [1.82, 2.24) is 4.67 Å². The fraction of sp³-hybridized carbons (Fsp3) is 0.800. The zero-order valence-electron chi connectivity index (χ0n) is 11.1. The van der Waals surface area contributed by atoms with Crippen molar-refractivity contribution in [3.63, 3.8) is 0 Å². The molecule has 0 saturated heterocycles.